The molecule has 0 bridgehead atoms. The van der Waals surface area contributed by atoms with Gasteiger partial charge in [0.25, 0.3) is 0 Å². The van der Waals surface area contributed by atoms with Crippen LogP contribution in [0.15, 0.2) is 18.2 Å². The Bertz CT molecular complexity index is 554. The van der Waals surface area contributed by atoms with Gasteiger partial charge in [0, 0.05) is 12.6 Å². The SMILES string of the molecule is CN1CCCC1CNc1nc2cccc(Cl)c2s1. The molecule has 1 atom stereocenters. The molecule has 2 aromatic rings. The van der Waals surface area contributed by atoms with Crippen molar-refractivity contribution >= 4 is 38.3 Å². The number of benzene rings is 1. The third kappa shape index (κ3) is 2.32. The summed E-state index contributed by atoms with van der Waals surface area (Å²) in [6, 6.07) is 6.49. The molecule has 3 nitrogen and oxygen atoms in total. The largest absolute Gasteiger partial charge is 0.360 e. The van der Waals surface area contributed by atoms with Gasteiger partial charge in [-0.25, -0.2) is 4.98 Å². The molecule has 0 amide bonds. The van der Waals surface area contributed by atoms with Gasteiger partial charge in [-0.2, -0.15) is 0 Å². The van der Waals surface area contributed by atoms with E-state index in [1.807, 2.05) is 18.2 Å². The predicted molar refractivity (Wildman–Crippen MR) is 78.8 cm³/mol. The van der Waals surface area contributed by atoms with Gasteiger partial charge in [-0.05, 0) is 38.6 Å². The number of halogens is 1. The molecule has 1 aromatic heterocycles. The summed E-state index contributed by atoms with van der Waals surface area (Å²) in [6.07, 6.45) is 2.57. The summed E-state index contributed by atoms with van der Waals surface area (Å²) in [5.74, 6) is 0. The molecule has 0 saturated carbocycles. The predicted octanol–water partition coefficient (Wildman–Crippen LogP) is 3.46. The van der Waals surface area contributed by atoms with Crippen LogP contribution >= 0.6 is 22.9 Å². The highest BCUT2D eigenvalue weighted by molar-refractivity contribution is 7.22. The Balaban J connectivity index is 1.73. The smallest absolute Gasteiger partial charge is 0.183 e. The summed E-state index contributed by atoms with van der Waals surface area (Å²) >= 11 is 7.79. The number of likely N-dealkylation sites (tertiary alicyclic amines) is 1. The Hall–Kier alpha value is -0.840. The number of fused-ring (bicyclic) bond motifs is 1. The number of anilines is 1. The lowest BCUT2D eigenvalue weighted by atomic mass is 10.2. The zero-order valence-corrected chi connectivity index (χ0v) is 11.9. The fraction of sp³-hybridized carbons (Fsp3) is 0.462. The van der Waals surface area contributed by atoms with Gasteiger partial charge < -0.3 is 10.2 Å². The zero-order valence-electron chi connectivity index (χ0n) is 10.3. The van der Waals surface area contributed by atoms with Gasteiger partial charge in [0.1, 0.15) is 0 Å². The van der Waals surface area contributed by atoms with Crippen LogP contribution in [0.2, 0.25) is 5.02 Å². The van der Waals surface area contributed by atoms with E-state index in [0.29, 0.717) is 6.04 Å². The van der Waals surface area contributed by atoms with Gasteiger partial charge in [0.05, 0.1) is 15.2 Å². The lowest BCUT2D eigenvalue weighted by Crippen LogP contribution is -2.31. The van der Waals surface area contributed by atoms with Gasteiger partial charge in [0.2, 0.25) is 0 Å². The fourth-order valence-electron chi connectivity index (χ4n) is 2.43. The molecule has 1 unspecified atom stereocenters. The number of hydrogen-bond acceptors (Lipinski definition) is 4. The van der Waals surface area contributed by atoms with Crippen LogP contribution in [0.3, 0.4) is 0 Å². The zero-order chi connectivity index (χ0) is 12.5. The van der Waals surface area contributed by atoms with E-state index in [0.717, 1.165) is 26.9 Å². The van der Waals surface area contributed by atoms with E-state index < -0.39 is 0 Å². The second kappa shape index (κ2) is 5.03. The molecular weight excluding hydrogens is 266 g/mol. The van der Waals surface area contributed by atoms with Crippen molar-refractivity contribution in [2.45, 2.75) is 18.9 Å². The number of hydrogen-bond donors (Lipinski definition) is 1. The van der Waals surface area contributed by atoms with E-state index >= 15 is 0 Å². The Morgan fingerprint density at radius 3 is 3.17 bits per heavy atom. The van der Waals surface area contributed by atoms with Crippen LogP contribution < -0.4 is 5.32 Å². The highest BCUT2D eigenvalue weighted by Crippen LogP contribution is 2.31. The van der Waals surface area contributed by atoms with Crippen LogP contribution in [0.1, 0.15) is 12.8 Å². The van der Waals surface area contributed by atoms with Crippen molar-refractivity contribution in [3.8, 4) is 0 Å². The van der Waals surface area contributed by atoms with E-state index in [1.54, 1.807) is 11.3 Å². The topological polar surface area (TPSA) is 28.2 Å². The molecule has 2 heterocycles. The highest BCUT2D eigenvalue weighted by Gasteiger charge is 2.20. The van der Waals surface area contributed by atoms with E-state index in [2.05, 4.69) is 22.2 Å². The molecule has 1 aliphatic heterocycles. The van der Waals surface area contributed by atoms with E-state index in [-0.39, 0.29) is 0 Å². The monoisotopic (exact) mass is 281 g/mol. The van der Waals surface area contributed by atoms with E-state index in [9.17, 15) is 0 Å². The van der Waals surface area contributed by atoms with Crippen LogP contribution in [-0.4, -0.2) is 36.1 Å². The molecule has 0 radical (unpaired) electrons. The first-order valence-corrected chi connectivity index (χ1v) is 7.42. The summed E-state index contributed by atoms with van der Waals surface area (Å²) in [4.78, 5) is 6.97. The molecule has 1 aliphatic rings. The third-order valence-electron chi connectivity index (χ3n) is 3.53. The van der Waals surface area contributed by atoms with Gasteiger partial charge in [0.15, 0.2) is 5.13 Å². The van der Waals surface area contributed by atoms with Gasteiger partial charge >= 0.3 is 0 Å². The molecule has 1 saturated heterocycles. The Morgan fingerprint density at radius 2 is 2.44 bits per heavy atom. The summed E-state index contributed by atoms with van der Waals surface area (Å²) < 4.78 is 1.07. The first-order valence-electron chi connectivity index (χ1n) is 6.23. The molecule has 1 fully saturated rings. The van der Waals surface area contributed by atoms with Gasteiger partial charge in [-0.1, -0.05) is 29.0 Å². The standard InChI is InChI=1S/C13H16ClN3S/c1-17-7-3-4-9(17)8-15-13-16-11-6-2-5-10(14)12(11)18-13/h2,5-6,9H,3-4,7-8H2,1H3,(H,15,16). The number of rotatable bonds is 3. The van der Waals surface area contributed by atoms with Crippen molar-refractivity contribution in [1.29, 1.82) is 0 Å². The first-order chi connectivity index (χ1) is 8.74. The Kier molecular flexibility index (Phi) is 3.41. The van der Waals surface area contributed by atoms with Gasteiger partial charge in [-0.15, -0.1) is 0 Å². The average Bonchev–Trinajstić information content (AvgIpc) is 2.93. The second-order valence-corrected chi connectivity index (χ2v) is 6.17. The minimum atomic E-state index is 0.632. The normalized spacial score (nSPS) is 20.7. The molecule has 1 aromatic carbocycles. The van der Waals surface area contributed by atoms with Crippen LogP contribution in [-0.2, 0) is 0 Å². The summed E-state index contributed by atoms with van der Waals surface area (Å²) in [5, 5.41) is 5.20. The van der Waals surface area contributed by atoms with Crippen LogP contribution in [0.5, 0.6) is 0 Å². The average molecular weight is 282 g/mol. The van der Waals surface area contributed by atoms with Crippen LogP contribution in [0.25, 0.3) is 10.2 Å². The minimum Gasteiger partial charge on any atom is -0.360 e. The second-order valence-electron chi connectivity index (χ2n) is 4.76. The quantitative estimate of drug-likeness (QED) is 0.934. The minimum absolute atomic E-state index is 0.632. The highest BCUT2D eigenvalue weighted by atomic mass is 35.5. The summed E-state index contributed by atoms with van der Waals surface area (Å²) in [6.45, 7) is 2.17. The molecule has 96 valence electrons. The van der Waals surface area contributed by atoms with Crippen molar-refractivity contribution in [1.82, 2.24) is 9.88 Å². The maximum absolute atomic E-state index is 6.16. The van der Waals surface area contributed by atoms with Crippen molar-refractivity contribution in [3.05, 3.63) is 23.2 Å². The Morgan fingerprint density at radius 1 is 1.56 bits per heavy atom. The molecule has 5 heteroatoms. The van der Waals surface area contributed by atoms with E-state index in [1.165, 1.54) is 19.4 Å². The van der Waals surface area contributed by atoms with Gasteiger partial charge in [-0.3, -0.25) is 0 Å². The lowest BCUT2D eigenvalue weighted by Gasteiger charge is -2.19. The molecule has 0 aliphatic carbocycles. The van der Waals surface area contributed by atoms with E-state index in [4.69, 9.17) is 11.6 Å². The fourth-order valence-corrected chi connectivity index (χ4v) is 3.60. The number of aromatic nitrogens is 1. The summed E-state index contributed by atoms with van der Waals surface area (Å²) in [5.41, 5.74) is 0.981. The molecule has 1 N–H and O–H groups in total. The molecule has 0 spiro atoms. The number of likely N-dealkylation sites (N-methyl/N-ethyl adjacent to an activating group) is 1. The van der Waals surface area contributed by atoms with Crippen molar-refractivity contribution in [2.75, 3.05) is 25.5 Å². The Labute approximate surface area is 116 Å². The van der Waals surface area contributed by atoms with Crippen molar-refractivity contribution in [2.24, 2.45) is 0 Å². The maximum Gasteiger partial charge on any atom is 0.183 e. The maximum atomic E-state index is 6.16. The third-order valence-corrected chi connectivity index (χ3v) is 5.02. The number of nitrogens with zero attached hydrogens (tertiary/aromatic N) is 2. The van der Waals surface area contributed by atoms with Crippen LogP contribution in [0.4, 0.5) is 5.13 Å². The first kappa shape index (κ1) is 12.2. The van der Waals surface area contributed by atoms with Crippen LogP contribution in [0, 0.1) is 0 Å². The van der Waals surface area contributed by atoms with Crippen molar-refractivity contribution < 1.29 is 0 Å². The molecule has 18 heavy (non-hydrogen) atoms. The summed E-state index contributed by atoms with van der Waals surface area (Å²) in [7, 11) is 2.19. The number of nitrogens with one attached hydrogen (secondary N) is 1. The molecular formula is C13H16ClN3S. The van der Waals surface area contributed by atoms with Crippen molar-refractivity contribution in [3.63, 3.8) is 0 Å². The number of thiazole rings is 1. The lowest BCUT2D eigenvalue weighted by molar-refractivity contribution is 0.322. The molecule has 3 rings (SSSR count).